The molecule has 2 rings (SSSR count). The molecule has 0 spiro atoms. The van der Waals surface area contributed by atoms with Gasteiger partial charge in [0.25, 0.3) is 0 Å². The van der Waals surface area contributed by atoms with Crippen molar-refractivity contribution < 1.29 is 0 Å². The van der Waals surface area contributed by atoms with E-state index in [1.807, 2.05) is 13.2 Å². The maximum absolute atomic E-state index is 4.46. The SMILES string of the molecule is CCn1ccnc1N1CCC(C)(CNC)C1. The monoisotopic (exact) mass is 222 g/mol. The van der Waals surface area contributed by atoms with Gasteiger partial charge in [-0.2, -0.15) is 0 Å². The second kappa shape index (κ2) is 4.45. The fourth-order valence-electron chi connectivity index (χ4n) is 2.60. The van der Waals surface area contributed by atoms with Crippen molar-refractivity contribution in [3.8, 4) is 0 Å². The molecule has 1 N–H and O–H groups in total. The van der Waals surface area contributed by atoms with Crippen molar-refractivity contribution in [3.05, 3.63) is 12.4 Å². The van der Waals surface area contributed by atoms with Crippen LogP contribution in [0.5, 0.6) is 0 Å². The zero-order valence-corrected chi connectivity index (χ0v) is 10.5. The molecule has 16 heavy (non-hydrogen) atoms. The predicted molar refractivity (Wildman–Crippen MR) is 66.8 cm³/mol. The van der Waals surface area contributed by atoms with Gasteiger partial charge in [-0.1, -0.05) is 6.92 Å². The van der Waals surface area contributed by atoms with E-state index >= 15 is 0 Å². The van der Waals surface area contributed by atoms with Gasteiger partial charge in [0, 0.05) is 38.6 Å². The number of imidazole rings is 1. The summed E-state index contributed by atoms with van der Waals surface area (Å²) in [5.41, 5.74) is 0.388. The van der Waals surface area contributed by atoms with Crippen molar-refractivity contribution in [2.45, 2.75) is 26.8 Å². The summed E-state index contributed by atoms with van der Waals surface area (Å²) in [6, 6.07) is 0. The lowest BCUT2D eigenvalue weighted by Gasteiger charge is -2.24. The molecule has 0 aromatic carbocycles. The van der Waals surface area contributed by atoms with Crippen molar-refractivity contribution in [3.63, 3.8) is 0 Å². The summed E-state index contributed by atoms with van der Waals surface area (Å²) in [5, 5.41) is 3.29. The average molecular weight is 222 g/mol. The van der Waals surface area contributed by atoms with E-state index in [0.29, 0.717) is 5.41 Å². The van der Waals surface area contributed by atoms with Crippen LogP contribution in [-0.4, -0.2) is 36.2 Å². The Bertz CT molecular complexity index is 347. The zero-order chi connectivity index (χ0) is 11.6. The largest absolute Gasteiger partial charge is 0.342 e. The van der Waals surface area contributed by atoms with Gasteiger partial charge >= 0.3 is 0 Å². The first-order valence-corrected chi connectivity index (χ1v) is 6.09. The van der Waals surface area contributed by atoms with E-state index in [-0.39, 0.29) is 0 Å². The van der Waals surface area contributed by atoms with Crippen molar-refractivity contribution in [1.29, 1.82) is 0 Å². The van der Waals surface area contributed by atoms with E-state index in [9.17, 15) is 0 Å². The molecule has 4 nitrogen and oxygen atoms in total. The molecule has 90 valence electrons. The molecule has 1 aliphatic heterocycles. The van der Waals surface area contributed by atoms with Crippen LogP contribution in [0, 0.1) is 5.41 Å². The minimum atomic E-state index is 0.388. The number of hydrogen-bond donors (Lipinski definition) is 1. The van der Waals surface area contributed by atoms with E-state index in [1.165, 1.54) is 6.42 Å². The standard InChI is InChI=1S/C12H22N4/c1-4-15-8-6-14-11(15)16-7-5-12(2,10-16)9-13-3/h6,8,13H,4-5,7,9-10H2,1-3H3. The van der Waals surface area contributed by atoms with Crippen LogP contribution in [0.2, 0.25) is 0 Å². The van der Waals surface area contributed by atoms with Crippen LogP contribution in [0.1, 0.15) is 20.3 Å². The minimum Gasteiger partial charge on any atom is -0.342 e. The summed E-state index contributed by atoms with van der Waals surface area (Å²) in [5.74, 6) is 1.13. The average Bonchev–Trinajstić information content (AvgIpc) is 2.84. The van der Waals surface area contributed by atoms with Crippen LogP contribution in [0.3, 0.4) is 0 Å². The lowest BCUT2D eigenvalue weighted by molar-refractivity contribution is 0.355. The lowest BCUT2D eigenvalue weighted by atomic mass is 9.90. The molecule has 4 heteroatoms. The zero-order valence-electron chi connectivity index (χ0n) is 10.5. The topological polar surface area (TPSA) is 33.1 Å². The first-order chi connectivity index (χ1) is 7.68. The fourth-order valence-corrected chi connectivity index (χ4v) is 2.60. The van der Waals surface area contributed by atoms with E-state index in [1.54, 1.807) is 0 Å². The summed E-state index contributed by atoms with van der Waals surface area (Å²) in [6.07, 6.45) is 5.19. The number of nitrogens with zero attached hydrogens (tertiary/aromatic N) is 3. The molecule has 0 amide bonds. The van der Waals surface area contributed by atoms with Crippen LogP contribution < -0.4 is 10.2 Å². The molecule has 1 saturated heterocycles. The Labute approximate surface area is 97.7 Å². The van der Waals surface area contributed by atoms with Crippen molar-refractivity contribution in [2.24, 2.45) is 5.41 Å². The Morgan fingerprint density at radius 2 is 2.38 bits per heavy atom. The third kappa shape index (κ3) is 2.07. The molecule has 1 atom stereocenters. The first kappa shape index (κ1) is 11.5. The van der Waals surface area contributed by atoms with E-state index in [2.05, 4.69) is 39.8 Å². The first-order valence-electron chi connectivity index (χ1n) is 6.09. The maximum atomic E-state index is 4.46. The summed E-state index contributed by atoms with van der Waals surface area (Å²) >= 11 is 0. The molecular formula is C12H22N4. The highest BCUT2D eigenvalue weighted by Crippen LogP contribution is 2.31. The predicted octanol–water partition coefficient (Wildman–Crippen LogP) is 1.34. The number of rotatable bonds is 4. The number of aryl methyl sites for hydroxylation is 1. The summed E-state index contributed by atoms with van der Waals surface area (Å²) in [7, 11) is 2.03. The number of hydrogen-bond acceptors (Lipinski definition) is 3. The van der Waals surface area contributed by atoms with Crippen LogP contribution in [0.25, 0.3) is 0 Å². The highest BCUT2D eigenvalue weighted by molar-refractivity contribution is 5.34. The molecule has 0 saturated carbocycles. The summed E-state index contributed by atoms with van der Waals surface area (Å²) in [4.78, 5) is 6.87. The molecule has 1 aromatic heterocycles. The van der Waals surface area contributed by atoms with Crippen LogP contribution in [0.15, 0.2) is 12.4 Å². The van der Waals surface area contributed by atoms with Crippen molar-refractivity contribution in [1.82, 2.24) is 14.9 Å². The Morgan fingerprint density at radius 3 is 3.06 bits per heavy atom. The van der Waals surface area contributed by atoms with Gasteiger partial charge in [-0.25, -0.2) is 4.98 Å². The van der Waals surface area contributed by atoms with Gasteiger partial charge in [0.2, 0.25) is 5.95 Å². The second-order valence-corrected chi connectivity index (χ2v) is 5.03. The Hall–Kier alpha value is -1.03. The third-order valence-electron chi connectivity index (χ3n) is 3.48. The highest BCUT2D eigenvalue weighted by Gasteiger charge is 2.34. The minimum absolute atomic E-state index is 0.388. The maximum Gasteiger partial charge on any atom is 0.205 e. The van der Waals surface area contributed by atoms with Gasteiger partial charge in [0.1, 0.15) is 0 Å². The number of nitrogens with one attached hydrogen (secondary N) is 1. The van der Waals surface area contributed by atoms with Gasteiger partial charge < -0.3 is 14.8 Å². The third-order valence-corrected chi connectivity index (χ3v) is 3.48. The summed E-state index contributed by atoms with van der Waals surface area (Å²) in [6.45, 7) is 8.81. The molecule has 1 aromatic rings. The lowest BCUT2D eigenvalue weighted by Crippen LogP contribution is -2.33. The van der Waals surface area contributed by atoms with Gasteiger partial charge in [0.15, 0.2) is 0 Å². The smallest absolute Gasteiger partial charge is 0.205 e. The molecule has 0 radical (unpaired) electrons. The summed E-state index contributed by atoms with van der Waals surface area (Å²) < 4.78 is 2.21. The van der Waals surface area contributed by atoms with Crippen molar-refractivity contribution >= 4 is 5.95 Å². The molecule has 1 fully saturated rings. The molecule has 0 aliphatic carbocycles. The Kier molecular flexibility index (Phi) is 3.19. The van der Waals surface area contributed by atoms with Gasteiger partial charge in [-0.3, -0.25) is 0 Å². The van der Waals surface area contributed by atoms with Crippen LogP contribution in [-0.2, 0) is 6.54 Å². The Morgan fingerprint density at radius 1 is 1.56 bits per heavy atom. The number of anilines is 1. The normalized spacial score (nSPS) is 25.3. The fraction of sp³-hybridized carbons (Fsp3) is 0.750. The van der Waals surface area contributed by atoms with Gasteiger partial charge in [-0.05, 0) is 25.8 Å². The van der Waals surface area contributed by atoms with E-state index in [0.717, 1.165) is 32.1 Å². The van der Waals surface area contributed by atoms with Crippen LogP contribution >= 0.6 is 0 Å². The van der Waals surface area contributed by atoms with Gasteiger partial charge in [0.05, 0.1) is 0 Å². The number of aromatic nitrogens is 2. The second-order valence-electron chi connectivity index (χ2n) is 5.03. The Balaban J connectivity index is 2.08. The molecule has 1 aliphatic rings. The molecular weight excluding hydrogens is 200 g/mol. The van der Waals surface area contributed by atoms with E-state index < -0.39 is 0 Å². The van der Waals surface area contributed by atoms with Crippen LogP contribution in [0.4, 0.5) is 5.95 Å². The van der Waals surface area contributed by atoms with Crippen molar-refractivity contribution in [2.75, 3.05) is 31.6 Å². The molecule has 2 heterocycles. The van der Waals surface area contributed by atoms with E-state index in [4.69, 9.17) is 0 Å². The quantitative estimate of drug-likeness (QED) is 0.834. The molecule has 0 bridgehead atoms. The molecule has 1 unspecified atom stereocenters. The highest BCUT2D eigenvalue weighted by atomic mass is 15.3. The van der Waals surface area contributed by atoms with Gasteiger partial charge in [-0.15, -0.1) is 0 Å².